The van der Waals surface area contributed by atoms with Gasteiger partial charge in [0, 0.05) is 31.2 Å². The number of likely N-dealkylation sites (N-methyl/N-ethyl adjacent to an activating group) is 1. The van der Waals surface area contributed by atoms with Gasteiger partial charge in [0.15, 0.2) is 0 Å². The topological polar surface area (TPSA) is 69.7 Å². The number of hydrogen-bond acceptors (Lipinski definition) is 5. The average molecular weight is 367 g/mol. The van der Waals surface area contributed by atoms with Crippen LogP contribution in [-0.2, 0) is 21.4 Å². The highest BCUT2D eigenvalue weighted by molar-refractivity contribution is 7.89. The van der Waals surface area contributed by atoms with Crippen molar-refractivity contribution in [3.63, 3.8) is 0 Å². The van der Waals surface area contributed by atoms with E-state index in [0.717, 1.165) is 4.31 Å². The highest BCUT2D eigenvalue weighted by atomic mass is 32.2. The molecule has 24 heavy (non-hydrogen) atoms. The molecule has 1 aromatic carbocycles. The van der Waals surface area contributed by atoms with E-state index in [1.54, 1.807) is 23.5 Å². The van der Waals surface area contributed by atoms with Gasteiger partial charge in [0.25, 0.3) is 0 Å². The van der Waals surface area contributed by atoms with Crippen LogP contribution >= 0.6 is 11.3 Å². The van der Waals surface area contributed by atoms with Crippen molar-refractivity contribution in [3.8, 4) is 0 Å². The molecule has 1 amide bonds. The maximum atomic E-state index is 12.1. The summed E-state index contributed by atoms with van der Waals surface area (Å²) < 4.78 is 25.1. The minimum absolute atomic E-state index is 0.141. The molecular formula is C16H21N3O3S2. The third kappa shape index (κ3) is 4.88. The molecular weight excluding hydrogens is 346 g/mol. The number of nitrogens with zero attached hydrogens (tertiary/aromatic N) is 2. The van der Waals surface area contributed by atoms with Gasteiger partial charge >= 0.3 is 0 Å². The van der Waals surface area contributed by atoms with Crippen LogP contribution in [0.15, 0.2) is 46.7 Å². The fourth-order valence-electron chi connectivity index (χ4n) is 2.09. The highest BCUT2D eigenvalue weighted by Gasteiger charge is 2.16. The number of rotatable bonds is 7. The van der Waals surface area contributed by atoms with E-state index in [2.05, 4.69) is 5.32 Å². The number of amides is 1. The standard InChI is InChI=1S/C16H21N3O3S2/c1-18(2)24(21,22)15-8-6-13(7-9-15)17-16(20)12-19(3)11-14-5-4-10-23-14/h4-10H,11-12H2,1-3H3,(H,17,20). The second-order valence-corrected chi connectivity index (χ2v) is 8.80. The number of nitrogens with one attached hydrogen (secondary N) is 1. The number of sulfonamides is 1. The molecule has 0 unspecified atom stereocenters. The monoisotopic (exact) mass is 367 g/mol. The van der Waals surface area contributed by atoms with E-state index in [9.17, 15) is 13.2 Å². The number of carbonyl (C=O) groups is 1. The smallest absolute Gasteiger partial charge is 0.242 e. The minimum atomic E-state index is -3.46. The molecule has 0 bridgehead atoms. The fourth-order valence-corrected chi connectivity index (χ4v) is 3.78. The maximum absolute atomic E-state index is 12.1. The zero-order chi connectivity index (χ0) is 17.7. The Kier molecular flexibility index (Phi) is 6.11. The SMILES string of the molecule is CN(CC(=O)Nc1ccc(S(=O)(=O)N(C)C)cc1)Cc1cccs1. The van der Waals surface area contributed by atoms with E-state index in [-0.39, 0.29) is 17.3 Å². The lowest BCUT2D eigenvalue weighted by Gasteiger charge is -2.15. The summed E-state index contributed by atoms with van der Waals surface area (Å²) in [5.41, 5.74) is 0.572. The van der Waals surface area contributed by atoms with Crippen molar-refractivity contribution in [2.24, 2.45) is 0 Å². The van der Waals surface area contributed by atoms with E-state index >= 15 is 0 Å². The third-order valence-corrected chi connectivity index (χ3v) is 6.03. The van der Waals surface area contributed by atoms with Crippen LogP contribution in [-0.4, -0.2) is 51.2 Å². The van der Waals surface area contributed by atoms with Crippen LogP contribution in [0.5, 0.6) is 0 Å². The van der Waals surface area contributed by atoms with Crippen molar-refractivity contribution in [2.45, 2.75) is 11.4 Å². The lowest BCUT2D eigenvalue weighted by atomic mass is 10.3. The zero-order valence-corrected chi connectivity index (χ0v) is 15.5. The van der Waals surface area contributed by atoms with Crippen molar-refractivity contribution in [3.05, 3.63) is 46.7 Å². The molecule has 8 heteroatoms. The molecule has 0 spiro atoms. The minimum Gasteiger partial charge on any atom is -0.325 e. The summed E-state index contributed by atoms with van der Waals surface area (Å²) in [5.74, 6) is -0.141. The molecule has 0 fully saturated rings. The summed E-state index contributed by atoms with van der Waals surface area (Å²) in [7, 11) is 1.39. The molecule has 0 atom stereocenters. The van der Waals surface area contributed by atoms with Crippen molar-refractivity contribution < 1.29 is 13.2 Å². The predicted octanol–water partition coefficient (Wildman–Crippen LogP) is 2.07. The Labute approximate surface area is 146 Å². The molecule has 0 saturated heterocycles. The first-order valence-corrected chi connectivity index (χ1v) is 9.64. The van der Waals surface area contributed by atoms with Gasteiger partial charge in [0.05, 0.1) is 11.4 Å². The Bertz CT molecular complexity index is 769. The van der Waals surface area contributed by atoms with Crippen LogP contribution in [0, 0.1) is 0 Å². The highest BCUT2D eigenvalue weighted by Crippen LogP contribution is 2.16. The second kappa shape index (κ2) is 7.89. The predicted molar refractivity (Wildman–Crippen MR) is 96.6 cm³/mol. The Morgan fingerprint density at radius 3 is 2.33 bits per heavy atom. The molecule has 1 N–H and O–H groups in total. The van der Waals surface area contributed by atoms with E-state index in [1.807, 2.05) is 29.5 Å². The number of anilines is 1. The van der Waals surface area contributed by atoms with Crippen molar-refractivity contribution in [2.75, 3.05) is 33.0 Å². The van der Waals surface area contributed by atoms with E-state index in [0.29, 0.717) is 12.2 Å². The zero-order valence-electron chi connectivity index (χ0n) is 13.9. The molecule has 0 aliphatic carbocycles. The van der Waals surface area contributed by atoms with Gasteiger partial charge in [0.1, 0.15) is 0 Å². The largest absolute Gasteiger partial charge is 0.325 e. The maximum Gasteiger partial charge on any atom is 0.242 e. The van der Waals surface area contributed by atoms with Gasteiger partial charge in [-0.15, -0.1) is 11.3 Å². The number of carbonyl (C=O) groups excluding carboxylic acids is 1. The van der Waals surface area contributed by atoms with Gasteiger partial charge in [-0.3, -0.25) is 9.69 Å². The second-order valence-electron chi connectivity index (χ2n) is 5.61. The van der Waals surface area contributed by atoms with Gasteiger partial charge in [0.2, 0.25) is 15.9 Å². The summed E-state index contributed by atoms with van der Waals surface area (Å²) in [6.07, 6.45) is 0. The van der Waals surface area contributed by atoms with E-state index in [4.69, 9.17) is 0 Å². The first-order chi connectivity index (χ1) is 11.3. The molecule has 1 aromatic heterocycles. The van der Waals surface area contributed by atoms with Crippen LogP contribution < -0.4 is 5.32 Å². The van der Waals surface area contributed by atoms with Gasteiger partial charge < -0.3 is 5.32 Å². The van der Waals surface area contributed by atoms with Crippen LogP contribution in [0.4, 0.5) is 5.69 Å². The molecule has 6 nitrogen and oxygen atoms in total. The third-order valence-electron chi connectivity index (χ3n) is 3.34. The summed E-state index contributed by atoms with van der Waals surface area (Å²) in [5, 5.41) is 4.78. The molecule has 130 valence electrons. The van der Waals surface area contributed by atoms with Gasteiger partial charge in [-0.05, 0) is 42.8 Å². The lowest BCUT2D eigenvalue weighted by molar-refractivity contribution is -0.117. The van der Waals surface area contributed by atoms with Crippen molar-refractivity contribution in [1.29, 1.82) is 0 Å². The van der Waals surface area contributed by atoms with Crippen molar-refractivity contribution in [1.82, 2.24) is 9.21 Å². The molecule has 1 heterocycles. The average Bonchev–Trinajstić information content (AvgIpc) is 3.00. The molecule has 2 aromatic rings. The first kappa shape index (κ1) is 18.6. The Balaban J connectivity index is 1.92. The van der Waals surface area contributed by atoms with E-state index < -0.39 is 10.0 Å². The van der Waals surface area contributed by atoms with Gasteiger partial charge in [-0.25, -0.2) is 12.7 Å². The Morgan fingerprint density at radius 2 is 1.79 bits per heavy atom. The number of benzene rings is 1. The molecule has 0 aliphatic rings. The molecule has 2 rings (SSSR count). The van der Waals surface area contributed by atoms with Crippen LogP contribution in [0.3, 0.4) is 0 Å². The van der Waals surface area contributed by atoms with Gasteiger partial charge in [-0.1, -0.05) is 6.07 Å². The van der Waals surface area contributed by atoms with E-state index in [1.165, 1.54) is 31.1 Å². The number of hydrogen-bond donors (Lipinski definition) is 1. The first-order valence-electron chi connectivity index (χ1n) is 7.32. The summed E-state index contributed by atoms with van der Waals surface area (Å²) in [6.45, 7) is 0.973. The van der Waals surface area contributed by atoms with Crippen LogP contribution in [0.25, 0.3) is 0 Å². The normalized spacial score (nSPS) is 11.9. The Morgan fingerprint density at radius 1 is 1.12 bits per heavy atom. The van der Waals surface area contributed by atoms with Gasteiger partial charge in [-0.2, -0.15) is 0 Å². The lowest BCUT2D eigenvalue weighted by Crippen LogP contribution is -2.29. The molecule has 0 radical (unpaired) electrons. The summed E-state index contributed by atoms with van der Waals surface area (Å²) in [4.78, 5) is 15.4. The molecule has 0 saturated carbocycles. The Hall–Kier alpha value is -1.74. The summed E-state index contributed by atoms with van der Waals surface area (Å²) in [6, 6.07) is 10.2. The quantitative estimate of drug-likeness (QED) is 0.813. The van der Waals surface area contributed by atoms with Crippen LogP contribution in [0.1, 0.15) is 4.88 Å². The number of thiophene rings is 1. The van der Waals surface area contributed by atoms with Crippen LogP contribution in [0.2, 0.25) is 0 Å². The fraction of sp³-hybridized carbons (Fsp3) is 0.312. The molecule has 0 aliphatic heterocycles. The van der Waals surface area contributed by atoms with Crippen molar-refractivity contribution >= 4 is 33.0 Å². The summed E-state index contributed by atoms with van der Waals surface area (Å²) >= 11 is 1.65.